The van der Waals surface area contributed by atoms with Crippen molar-refractivity contribution in [3.63, 3.8) is 0 Å². The Balaban J connectivity index is 2.18. The average Bonchev–Trinajstić information content (AvgIpc) is 2.43. The lowest BCUT2D eigenvalue weighted by Crippen LogP contribution is -2.36. The van der Waals surface area contributed by atoms with Gasteiger partial charge in [0.1, 0.15) is 5.75 Å². The zero-order chi connectivity index (χ0) is 15.7. The minimum atomic E-state index is -0.199. The first kappa shape index (κ1) is 17.6. The van der Waals surface area contributed by atoms with Crippen LogP contribution in [0.2, 0.25) is 10.0 Å². The zero-order valence-electron chi connectivity index (χ0n) is 11.7. The van der Waals surface area contributed by atoms with Crippen LogP contribution in [0.5, 0.6) is 5.75 Å². The van der Waals surface area contributed by atoms with Crippen molar-refractivity contribution in [3.05, 3.63) is 28.2 Å². The van der Waals surface area contributed by atoms with Crippen molar-refractivity contribution in [3.8, 4) is 5.75 Å². The number of hydrogen-bond acceptors (Lipinski definition) is 3. The van der Waals surface area contributed by atoms with Crippen molar-refractivity contribution >= 4 is 35.0 Å². The van der Waals surface area contributed by atoms with Gasteiger partial charge in [0.25, 0.3) is 0 Å². The third-order valence-corrected chi connectivity index (χ3v) is 3.05. The molecule has 0 radical (unpaired) electrons. The van der Waals surface area contributed by atoms with Crippen LogP contribution in [0.1, 0.15) is 19.8 Å². The van der Waals surface area contributed by atoms with E-state index in [0.29, 0.717) is 35.4 Å². The second-order valence-electron chi connectivity index (χ2n) is 4.26. The number of rotatable bonds is 8. The van der Waals surface area contributed by atoms with Gasteiger partial charge in [0.05, 0.1) is 18.2 Å². The summed E-state index contributed by atoms with van der Waals surface area (Å²) >= 11 is 11.7. The SMILES string of the molecule is CCNC(=O)CNC(=O)CCCOc1ccc(Cl)cc1Cl. The highest BCUT2D eigenvalue weighted by Gasteiger charge is 2.06. The minimum absolute atomic E-state index is 0.00343. The number of carbonyl (C=O) groups excluding carboxylic acids is 2. The van der Waals surface area contributed by atoms with Crippen LogP contribution in [-0.2, 0) is 9.59 Å². The average molecular weight is 333 g/mol. The molecule has 0 spiro atoms. The van der Waals surface area contributed by atoms with E-state index in [2.05, 4.69) is 10.6 Å². The minimum Gasteiger partial charge on any atom is -0.492 e. The Bertz CT molecular complexity index is 495. The van der Waals surface area contributed by atoms with Crippen molar-refractivity contribution in [2.45, 2.75) is 19.8 Å². The Morgan fingerprint density at radius 3 is 2.62 bits per heavy atom. The predicted octanol–water partition coefficient (Wildman–Crippen LogP) is 2.40. The summed E-state index contributed by atoms with van der Waals surface area (Å²) in [7, 11) is 0. The van der Waals surface area contributed by atoms with E-state index in [1.807, 2.05) is 6.92 Å². The van der Waals surface area contributed by atoms with Crippen LogP contribution in [0.25, 0.3) is 0 Å². The summed E-state index contributed by atoms with van der Waals surface area (Å²) in [5.41, 5.74) is 0. The Hall–Kier alpha value is -1.46. The number of ether oxygens (including phenoxy) is 1. The summed E-state index contributed by atoms with van der Waals surface area (Å²) in [5, 5.41) is 6.10. The molecule has 0 saturated carbocycles. The van der Waals surface area contributed by atoms with Gasteiger partial charge in [-0.25, -0.2) is 0 Å². The summed E-state index contributed by atoms with van der Waals surface area (Å²) in [6.45, 7) is 2.72. The molecule has 0 aliphatic carbocycles. The first-order valence-corrected chi connectivity index (χ1v) is 7.39. The molecule has 0 aliphatic rings. The number of halogens is 2. The first-order chi connectivity index (χ1) is 10.0. The molecular formula is C14H18Cl2N2O3. The highest BCUT2D eigenvalue weighted by Crippen LogP contribution is 2.27. The highest BCUT2D eigenvalue weighted by atomic mass is 35.5. The van der Waals surface area contributed by atoms with Crippen LogP contribution in [-0.4, -0.2) is 31.5 Å². The van der Waals surface area contributed by atoms with Gasteiger partial charge >= 0.3 is 0 Å². The monoisotopic (exact) mass is 332 g/mol. The molecule has 7 heteroatoms. The lowest BCUT2D eigenvalue weighted by atomic mass is 10.3. The molecule has 5 nitrogen and oxygen atoms in total. The van der Waals surface area contributed by atoms with E-state index in [1.165, 1.54) is 0 Å². The van der Waals surface area contributed by atoms with E-state index in [1.54, 1.807) is 18.2 Å². The molecule has 0 aliphatic heterocycles. The van der Waals surface area contributed by atoms with Crippen molar-refractivity contribution in [2.24, 2.45) is 0 Å². The van der Waals surface area contributed by atoms with Gasteiger partial charge in [-0.15, -0.1) is 0 Å². The van der Waals surface area contributed by atoms with Crippen molar-refractivity contribution in [2.75, 3.05) is 19.7 Å². The molecule has 2 amide bonds. The lowest BCUT2D eigenvalue weighted by Gasteiger charge is -2.08. The number of carbonyl (C=O) groups is 2. The maximum Gasteiger partial charge on any atom is 0.239 e. The molecule has 1 aromatic carbocycles. The molecule has 0 aromatic heterocycles. The van der Waals surface area contributed by atoms with Crippen molar-refractivity contribution in [1.29, 1.82) is 0 Å². The summed E-state index contributed by atoms with van der Waals surface area (Å²) in [6.07, 6.45) is 0.810. The number of benzene rings is 1. The van der Waals surface area contributed by atoms with Gasteiger partial charge in [-0.05, 0) is 31.5 Å². The molecule has 0 saturated heterocycles. The molecule has 21 heavy (non-hydrogen) atoms. The van der Waals surface area contributed by atoms with Crippen LogP contribution in [0.15, 0.2) is 18.2 Å². The molecule has 1 aromatic rings. The second-order valence-corrected chi connectivity index (χ2v) is 5.10. The van der Waals surface area contributed by atoms with E-state index < -0.39 is 0 Å². The number of likely N-dealkylation sites (N-methyl/N-ethyl adjacent to an activating group) is 1. The molecule has 0 atom stereocenters. The van der Waals surface area contributed by atoms with Gasteiger partial charge < -0.3 is 15.4 Å². The van der Waals surface area contributed by atoms with E-state index >= 15 is 0 Å². The maximum absolute atomic E-state index is 11.5. The summed E-state index contributed by atoms with van der Waals surface area (Å²) in [4.78, 5) is 22.6. The van der Waals surface area contributed by atoms with E-state index in [-0.39, 0.29) is 24.8 Å². The number of hydrogen-bond donors (Lipinski definition) is 2. The zero-order valence-corrected chi connectivity index (χ0v) is 13.3. The molecule has 0 fully saturated rings. The Morgan fingerprint density at radius 1 is 1.19 bits per heavy atom. The Kier molecular flexibility index (Phi) is 7.93. The molecular weight excluding hydrogens is 315 g/mol. The summed E-state index contributed by atoms with van der Waals surface area (Å²) in [6, 6.07) is 4.96. The van der Waals surface area contributed by atoms with Crippen LogP contribution >= 0.6 is 23.2 Å². The van der Waals surface area contributed by atoms with Crippen LogP contribution in [0.4, 0.5) is 0 Å². The highest BCUT2D eigenvalue weighted by molar-refractivity contribution is 6.35. The number of nitrogens with one attached hydrogen (secondary N) is 2. The van der Waals surface area contributed by atoms with Crippen LogP contribution in [0, 0.1) is 0 Å². The van der Waals surface area contributed by atoms with Crippen LogP contribution in [0.3, 0.4) is 0 Å². The van der Waals surface area contributed by atoms with Crippen molar-refractivity contribution < 1.29 is 14.3 Å². The molecule has 116 valence electrons. The quantitative estimate of drug-likeness (QED) is 0.718. The van der Waals surface area contributed by atoms with E-state index in [0.717, 1.165) is 0 Å². The predicted molar refractivity (Wildman–Crippen MR) is 82.9 cm³/mol. The van der Waals surface area contributed by atoms with Gasteiger partial charge in [0.15, 0.2) is 0 Å². The van der Waals surface area contributed by atoms with Gasteiger partial charge in [0, 0.05) is 18.0 Å². The Labute approximate surface area is 133 Å². The largest absolute Gasteiger partial charge is 0.492 e. The topological polar surface area (TPSA) is 67.4 Å². The van der Waals surface area contributed by atoms with E-state index in [4.69, 9.17) is 27.9 Å². The second kappa shape index (κ2) is 9.47. The van der Waals surface area contributed by atoms with Gasteiger partial charge in [-0.3, -0.25) is 9.59 Å². The fourth-order valence-electron chi connectivity index (χ4n) is 1.53. The number of amides is 2. The summed E-state index contributed by atoms with van der Waals surface area (Å²) < 4.78 is 5.46. The molecule has 0 heterocycles. The Morgan fingerprint density at radius 2 is 1.95 bits per heavy atom. The fraction of sp³-hybridized carbons (Fsp3) is 0.429. The van der Waals surface area contributed by atoms with E-state index in [9.17, 15) is 9.59 Å². The van der Waals surface area contributed by atoms with Gasteiger partial charge in [-0.1, -0.05) is 23.2 Å². The van der Waals surface area contributed by atoms with Crippen LogP contribution < -0.4 is 15.4 Å². The normalized spacial score (nSPS) is 10.0. The maximum atomic E-state index is 11.5. The smallest absolute Gasteiger partial charge is 0.239 e. The van der Waals surface area contributed by atoms with Crippen molar-refractivity contribution in [1.82, 2.24) is 10.6 Å². The molecule has 1 rings (SSSR count). The molecule has 2 N–H and O–H groups in total. The first-order valence-electron chi connectivity index (χ1n) is 6.64. The van der Waals surface area contributed by atoms with Gasteiger partial charge in [0.2, 0.25) is 11.8 Å². The standard InChI is InChI=1S/C14H18Cl2N2O3/c1-2-17-14(20)9-18-13(19)4-3-7-21-12-6-5-10(15)8-11(12)16/h5-6,8H,2-4,7,9H2,1H3,(H,17,20)(H,18,19). The molecule has 0 bridgehead atoms. The lowest BCUT2D eigenvalue weighted by molar-refractivity contribution is -0.126. The third kappa shape index (κ3) is 7.20. The fourth-order valence-corrected chi connectivity index (χ4v) is 2.00. The third-order valence-electron chi connectivity index (χ3n) is 2.52. The summed E-state index contributed by atoms with van der Waals surface area (Å²) in [5.74, 6) is 0.144. The van der Waals surface area contributed by atoms with Gasteiger partial charge in [-0.2, -0.15) is 0 Å². The molecule has 0 unspecified atom stereocenters.